The highest BCUT2D eigenvalue weighted by molar-refractivity contribution is 7.89. The van der Waals surface area contributed by atoms with Gasteiger partial charge < -0.3 is 9.64 Å². The molecule has 3 rings (SSSR count). The zero-order valence-electron chi connectivity index (χ0n) is 14.4. The lowest BCUT2D eigenvalue weighted by atomic mass is 9.94. The summed E-state index contributed by atoms with van der Waals surface area (Å²) in [4.78, 5) is 2.49. The zero-order valence-corrected chi connectivity index (χ0v) is 15.2. The molecule has 0 aromatic heterocycles. The molecule has 2 aliphatic rings. The van der Waals surface area contributed by atoms with Gasteiger partial charge in [0.2, 0.25) is 10.0 Å². The Morgan fingerprint density at radius 1 is 1.17 bits per heavy atom. The number of sulfonamides is 1. The van der Waals surface area contributed by atoms with Crippen LogP contribution >= 0.6 is 0 Å². The summed E-state index contributed by atoms with van der Waals surface area (Å²) in [6.45, 7) is 8.72. The van der Waals surface area contributed by atoms with E-state index in [1.54, 1.807) is 10.4 Å². The van der Waals surface area contributed by atoms with Crippen LogP contribution in [0.3, 0.4) is 0 Å². The Kier molecular flexibility index (Phi) is 4.31. The minimum atomic E-state index is -3.47. The highest BCUT2D eigenvalue weighted by Gasteiger charge is 2.33. The van der Waals surface area contributed by atoms with Crippen LogP contribution < -0.4 is 9.64 Å². The van der Waals surface area contributed by atoms with E-state index in [0.29, 0.717) is 42.2 Å². The van der Waals surface area contributed by atoms with Crippen molar-refractivity contribution in [1.29, 1.82) is 0 Å². The molecule has 0 N–H and O–H groups in total. The number of anilines is 1. The fourth-order valence-corrected chi connectivity index (χ4v) is 5.60. The normalized spacial score (nSPS) is 25.8. The number of aryl methyl sites for hydroxylation is 1. The summed E-state index contributed by atoms with van der Waals surface area (Å²) in [6, 6.07) is 3.64. The van der Waals surface area contributed by atoms with Crippen LogP contribution in [-0.4, -0.2) is 46.0 Å². The number of rotatable bonds is 2. The monoisotopic (exact) mass is 338 g/mol. The van der Waals surface area contributed by atoms with Crippen LogP contribution in [0.5, 0.6) is 5.75 Å². The van der Waals surface area contributed by atoms with Crippen molar-refractivity contribution in [1.82, 2.24) is 4.31 Å². The molecular weight excluding hydrogens is 312 g/mol. The van der Waals surface area contributed by atoms with Gasteiger partial charge >= 0.3 is 0 Å². The molecule has 0 radical (unpaired) electrons. The molecule has 6 heteroatoms. The van der Waals surface area contributed by atoms with Crippen molar-refractivity contribution in [2.24, 2.45) is 11.8 Å². The number of hydrogen-bond donors (Lipinski definition) is 0. The second-order valence-corrected chi connectivity index (χ2v) is 9.03. The number of fused-ring (bicyclic) bond motifs is 1. The number of ether oxygens (including phenoxy) is 1. The van der Waals surface area contributed by atoms with Crippen LogP contribution in [0.2, 0.25) is 0 Å². The molecule has 2 heterocycles. The van der Waals surface area contributed by atoms with Crippen LogP contribution in [-0.2, 0) is 10.0 Å². The van der Waals surface area contributed by atoms with Crippen LogP contribution in [0.15, 0.2) is 17.0 Å². The van der Waals surface area contributed by atoms with E-state index in [0.717, 1.165) is 24.2 Å². The van der Waals surface area contributed by atoms with Crippen LogP contribution in [0.4, 0.5) is 5.69 Å². The maximum Gasteiger partial charge on any atom is 0.243 e. The molecule has 0 saturated carbocycles. The number of benzene rings is 1. The van der Waals surface area contributed by atoms with Crippen molar-refractivity contribution in [3.63, 3.8) is 0 Å². The fourth-order valence-electron chi connectivity index (χ4n) is 3.70. The first-order chi connectivity index (χ1) is 10.8. The van der Waals surface area contributed by atoms with Crippen LogP contribution in [0.25, 0.3) is 0 Å². The second-order valence-electron chi connectivity index (χ2n) is 7.12. The SMILES string of the molecule is Cc1cc2c(cc1S(=O)(=O)N1CC(C)CC(C)C1)OCCN2C. The molecule has 2 aliphatic heterocycles. The number of nitrogens with zero attached hydrogens (tertiary/aromatic N) is 2. The van der Waals surface area contributed by atoms with Gasteiger partial charge in [0, 0.05) is 26.2 Å². The first-order valence-electron chi connectivity index (χ1n) is 8.27. The van der Waals surface area contributed by atoms with Crippen molar-refractivity contribution in [3.05, 3.63) is 17.7 Å². The summed E-state index contributed by atoms with van der Waals surface area (Å²) in [6.07, 6.45) is 1.09. The van der Waals surface area contributed by atoms with Crippen molar-refractivity contribution >= 4 is 15.7 Å². The second kappa shape index (κ2) is 5.98. The molecule has 128 valence electrons. The lowest BCUT2D eigenvalue weighted by molar-refractivity contribution is 0.222. The number of likely N-dealkylation sites (N-methyl/N-ethyl adjacent to an activating group) is 1. The molecule has 0 aliphatic carbocycles. The molecule has 0 spiro atoms. The Morgan fingerprint density at radius 2 is 1.83 bits per heavy atom. The first-order valence-corrected chi connectivity index (χ1v) is 9.71. The predicted molar refractivity (Wildman–Crippen MR) is 91.6 cm³/mol. The van der Waals surface area contributed by atoms with E-state index in [4.69, 9.17) is 4.74 Å². The van der Waals surface area contributed by atoms with Crippen molar-refractivity contribution in [3.8, 4) is 5.75 Å². The molecule has 1 aromatic rings. The first kappa shape index (κ1) is 16.6. The van der Waals surface area contributed by atoms with Crippen molar-refractivity contribution in [2.75, 3.05) is 38.2 Å². The molecule has 23 heavy (non-hydrogen) atoms. The zero-order chi connectivity index (χ0) is 16.8. The van der Waals surface area contributed by atoms with Gasteiger partial charge in [0.15, 0.2) is 0 Å². The van der Waals surface area contributed by atoms with E-state index in [-0.39, 0.29) is 0 Å². The summed E-state index contributed by atoms with van der Waals surface area (Å²) in [5.41, 5.74) is 1.75. The molecule has 2 atom stereocenters. The Morgan fingerprint density at radius 3 is 2.48 bits per heavy atom. The highest BCUT2D eigenvalue weighted by atomic mass is 32.2. The topological polar surface area (TPSA) is 49.9 Å². The Balaban J connectivity index is 2.00. The van der Waals surface area contributed by atoms with Gasteiger partial charge in [0.25, 0.3) is 0 Å². The molecular formula is C17H26N2O3S. The summed E-state index contributed by atoms with van der Waals surface area (Å²) in [5, 5.41) is 0. The van der Waals surface area contributed by atoms with Gasteiger partial charge in [-0.3, -0.25) is 0 Å². The van der Waals surface area contributed by atoms with Gasteiger partial charge in [-0.2, -0.15) is 4.31 Å². The van der Waals surface area contributed by atoms with E-state index < -0.39 is 10.0 Å². The maximum absolute atomic E-state index is 13.1. The fraction of sp³-hybridized carbons (Fsp3) is 0.647. The summed E-state index contributed by atoms with van der Waals surface area (Å²) < 4.78 is 33.6. The standard InChI is InChI=1S/C17H26N2O3S/c1-12-7-13(2)11-19(10-12)23(20,21)17-9-16-15(8-14(17)3)18(4)5-6-22-16/h8-9,12-13H,5-7,10-11H2,1-4H3. The van der Waals surface area contributed by atoms with E-state index in [1.807, 2.05) is 20.0 Å². The van der Waals surface area contributed by atoms with Gasteiger partial charge in [-0.25, -0.2) is 8.42 Å². The number of piperidine rings is 1. The van der Waals surface area contributed by atoms with Gasteiger partial charge in [0.05, 0.1) is 17.1 Å². The molecule has 1 aromatic carbocycles. The third-order valence-electron chi connectivity index (χ3n) is 4.81. The number of hydrogen-bond acceptors (Lipinski definition) is 4. The van der Waals surface area contributed by atoms with Gasteiger partial charge in [-0.15, -0.1) is 0 Å². The smallest absolute Gasteiger partial charge is 0.243 e. The van der Waals surface area contributed by atoms with Crippen LogP contribution in [0.1, 0.15) is 25.8 Å². The van der Waals surface area contributed by atoms with Gasteiger partial charge in [-0.05, 0) is 36.8 Å². The molecule has 1 saturated heterocycles. The minimum Gasteiger partial charge on any atom is -0.490 e. The summed E-state index contributed by atoms with van der Waals surface area (Å²) in [7, 11) is -1.47. The highest BCUT2D eigenvalue weighted by Crippen LogP contribution is 2.37. The molecule has 2 unspecified atom stereocenters. The Labute approximate surface area is 139 Å². The molecule has 0 bridgehead atoms. The Hall–Kier alpha value is -1.27. The molecule has 5 nitrogen and oxygen atoms in total. The van der Waals surface area contributed by atoms with Gasteiger partial charge in [-0.1, -0.05) is 13.8 Å². The molecule has 0 amide bonds. The van der Waals surface area contributed by atoms with Crippen molar-refractivity contribution < 1.29 is 13.2 Å². The largest absolute Gasteiger partial charge is 0.490 e. The Bertz CT molecular complexity index is 692. The lowest BCUT2D eigenvalue weighted by Crippen LogP contribution is -2.42. The maximum atomic E-state index is 13.1. The summed E-state index contributed by atoms with van der Waals surface area (Å²) in [5.74, 6) is 1.46. The third-order valence-corrected chi connectivity index (χ3v) is 6.78. The average molecular weight is 338 g/mol. The van der Waals surface area contributed by atoms with Crippen molar-refractivity contribution in [2.45, 2.75) is 32.1 Å². The van der Waals surface area contributed by atoms with E-state index >= 15 is 0 Å². The van der Waals surface area contributed by atoms with E-state index in [2.05, 4.69) is 18.7 Å². The van der Waals surface area contributed by atoms with E-state index in [1.165, 1.54) is 0 Å². The summed E-state index contributed by atoms with van der Waals surface area (Å²) >= 11 is 0. The average Bonchev–Trinajstić information content (AvgIpc) is 2.46. The third kappa shape index (κ3) is 3.06. The molecule has 1 fully saturated rings. The van der Waals surface area contributed by atoms with Crippen LogP contribution in [0, 0.1) is 18.8 Å². The van der Waals surface area contributed by atoms with Gasteiger partial charge in [0.1, 0.15) is 12.4 Å². The lowest BCUT2D eigenvalue weighted by Gasteiger charge is -2.35. The predicted octanol–water partition coefficient (Wildman–Crippen LogP) is 2.49. The van der Waals surface area contributed by atoms with E-state index in [9.17, 15) is 8.42 Å². The quantitative estimate of drug-likeness (QED) is 0.831. The minimum absolute atomic E-state index is 0.382.